The van der Waals surface area contributed by atoms with Crippen molar-refractivity contribution in [2.75, 3.05) is 12.4 Å². The van der Waals surface area contributed by atoms with Crippen molar-refractivity contribution in [3.63, 3.8) is 0 Å². The number of aliphatic hydroxyl groups is 1. The van der Waals surface area contributed by atoms with Crippen molar-refractivity contribution >= 4 is 23.4 Å². The molecule has 3 heterocycles. The van der Waals surface area contributed by atoms with E-state index >= 15 is 0 Å². The summed E-state index contributed by atoms with van der Waals surface area (Å²) in [7, 11) is 1.61. The van der Waals surface area contributed by atoms with Gasteiger partial charge in [-0.15, -0.1) is 0 Å². The lowest BCUT2D eigenvalue weighted by Crippen LogP contribution is -2.11. The molecule has 0 aliphatic carbocycles. The standard InChI is InChI=1S/C27H28N8O2/c1-16(29-5)7-8-17(2)31-23-12-22-24(13-25(23)37-6)34(15-30-22)26-10-9-21(19(4)36)27(32-26)35-18(3)11-20(14-28)33-35/h7-13,15,19,31,36H,5H2,1-4,6H3/b16-7-,17-8+. The third-order valence-electron chi connectivity index (χ3n) is 5.81. The molecule has 0 bridgehead atoms. The van der Waals surface area contributed by atoms with Gasteiger partial charge in [0.2, 0.25) is 0 Å². The number of hydrogen-bond acceptors (Lipinski definition) is 8. The summed E-state index contributed by atoms with van der Waals surface area (Å²) in [6.45, 7) is 10.8. The Labute approximate surface area is 214 Å². The molecular formula is C27H28N8O2. The van der Waals surface area contributed by atoms with E-state index in [1.807, 2.05) is 61.8 Å². The lowest BCUT2D eigenvalue weighted by Gasteiger charge is -2.15. The highest BCUT2D eigenvalue weighted by Crippen LogP contribution is 2.32. The van der Waals surface area contributed by atoms with Crippen LogP contribution in [0.2, 0.25) is 0 Å². The second kappa shape index (κ2) is 10.5. The Kier molecular flexibility index (Phi) is 7.18. The van der Waals surface area contributed by atoms with E-state index in [2.05, 4.69) is 27.1 Å². The molecule has 37 heavy (non-hydrogen) atoms. The number of nitrogens with zero attached hydrogens (tertiary/aromatic N) is 7. The van der Waals surface area contributed by atoms with Gasteiger partial charge in [-0.3, -0.25) is 9.56 Å². The summed E-state index contributed by atoms with van der Waals surface area (Å²) in [4.78, 5) is 13.3. The molecule has 0 spiro atoms. The molecule has 0 aliphatic rings. The summed E-state index contributed by atoms with van der Waals surface area (Å²) in [5.74, 6) is 1.65. The molecule has 10 heteroatoms. The van der Waals surface area contributed by atoms with E-state index in [9.17, 15) is 10.4 Å². The van der Waals surface area contributed by atoms with Gasteiger partial charge >= 0.3 is 0 Å². The topological polar surface area (TPSA) is 126 Å². The Hall–Kier alpha value is -4.75. The average Bonchev–Trinajstić information content (AvgIpc) is 3.48. The summed E-state index contributed by atoms with van der Waals surface area (Å²) < 4.78 is 9.07. The van der Waals surface area contributed by atoms with Crippen molar-refractivity contribution in [3.8, 4) is 23.5 Å². The quantitative estimate of drug-likeness (QED) is 0.266. The van der Waals surface area contributed by atoms with Crippen LogP contribution >= 0.6 is 0 Å². The van der Waals surface area contributed by atoms with E-state index in [-0.39, 0.29) is 5.69 Å². The van der Waals surface area contributed by atoms with Crippen LogP contribution in [-0.2, 0) is 0 Å². The molecule has 0 fully saturated rings. The maximum Gasteiger partial charge on any atom is 0.163 e. The van der Waals surface area contributed by atoms with Gasteiger partial charge in [0, 0.05) is 28.7 Å². The van der Waals surface area contributed by atoms with E-state index < -0.39 is 6.10 Å². The number of fused-ring (bicyclic) bond motifs is 1. The van der Waals surface area contributed by atoms with Crippen LogP contribution in [0.5, 0.6) is 5.75 Å². The van der Waals surface area contributed by atoms with Gasteiger partial charge in [-0.05, 0) is 70.8 Å². The Morgan fingerprint density at radius 2 is 2.05 bits per heavy atom. The van der Waals surface area contributed by atoms with Crippen LogP contribution in [0.25, 0.3) is 22.7 Å². The molecule has 10 nitrogen and oxygen atoms in total. The predicted molar refractivity (Wildman–Crippen MR) is 143 cm³/mol. The maximum absolute atomic E-state index is 10.4. The summed E-state index contributed by atoms with van der Waals surface area (Å²) >= 11 is 0. The minimum Gasteiger partial charge on any atom is -0.494 e. The monoisotopic (exact) mass is 496 g/mol. The van der Waals surface area contributed by atoms with Crippen LogP contribution in [0.15, 0.2) is 65.2 Å². The Bertz CT molecular complexity index is 1580. The number of ether oxygens (including phenoxy) is 1. The molecule has 2 N–H and O–H groups in total. The first-order valence-corrected chi connectivity index (χ1v) is 11.6. The van der Waals surface area contributed by atoms with E-state index in [4.69, 9.17) is 9.72 Å². The normalized spacial score (nSPS) is 12.9. The van der Waals surface area contributed by atoms with Gasteiger partial charge in [-0.25, -0.2) is 14.6 Å². The molecule has 3 aromatic heterocycles. The molecule has 1 unspecified atom stereocenters. The van der Waals surface area contributed by atoms with Crippen LogP contribution in [0, 0.1) is 18.3 Å². The van der Waals surface area contributed by atoms with Gasteiger partial charge in [0.25, 0.3) is 0 Å². The second-order valence-corrected chi connectivity index (χ2v) is 8.55. The minimum absolute atomic E-state index is 0.273. The van der Waals surface area contributed by atoms with Gasteiger partial charge in [-0.2, -0.15) is 10.4 Å². The molecular weight excluding hydrogens is 468 g/mol. The third kappa shape index (κ3) is 5.12. The van der Waals surface area contributed by atoms with E-state index in [1.165, 1.54) is 0 Å². The Morgan fingerprint density at radius 1 is 1.27 bits per heavy atom. The fraction of sp³-hybridized carbons (Fsp3) is 0.222. The lowest BCUT2D eigenvalue weighted by atomic mass is 10.1. The number of hydrogen-bond donors (Lipinski definition) is 2. The molecule has 0 saturated heterocycles. The summed E-state index contributed by atoms with van der Waals surface area (Å²) in [6, 6.07) is 11.1. The number of imidazole rings is 1. The number of pyridine rings is 1. The van der Waals surface area contributed by atoms with Crippen LogP contribution in [0.4, 0.5) is 5.69 Å². The second-order valence-electron chi connectivity index (χ2n) is 8.55. The summed E-state index contributed by atoms with van der Waals surface area (Å²) in [5.41, 5.74) is 5.58. The number of nitriles is 1. The number of anilines is 1. The molecule has 1 aromatic carbocycles. The first-order chi connectivity index (χ1) is 17.7. The molecule has 0 amide bonds. The summed E-state index contributed by atoms with van der Waals surface area (Å²) in [5, 5.41) is 27.3. The fourth-order valence-corrected chi connectivity index (χ4v) is 3.86. The zero-order valence-corrected chi connectivity index (χ0v) is 21.4. The lowest BCUT2D eigenvalue weighted by molar-refractivity contribution is 0.198. The highest BCUT2D eigenvalue weighted by Gasteiger charge is 2.18. The average molecular weight is 497 g/mol. The SMILES string of the molecule is C=N/C(C)=C\C=C(/C)Nc1cc2ncn(-c3ccc(C(C)O)c(-n4nc(C#N)cc4C)n3)c2cc1OC. The molecule has 0 radical (unpaired) electrons. The number of benzene rings is 1. The van der Waals surface area contributed by atoms with Crippen molar-refractivity contribution in [3.05, 3.63) is 77.2 Å². The van der Waals surface area contributed by atoms with Gasteiger partial charge in [0.05, 0.1) is 29.9 Å². The molecule has 0 saturated carbocycles. The number of allylic oxidation sites excluding steroid dienone is 4. The van der Waals surface area contributed by atoms with Gasteiger partial charge in [0.1, 0.15) is 24.0 Å². The fourth-order valence-electron chi connectivity index (χ4n) is 3.86. The van der Waals surface area contributed by atoms with Gasteiger partial charge in [-0.1, -0.05) is 0 Å². The molecule has 1 atom stereocenters. The number of aliphatic hydroxyl groups excluding tert-OH is 1. The smallest absolute Gasteiger partial charge is 0.163 e. The number of nitrogens with one attached hydrogen (secondary N) is 1. The van der Waals surface area contributed by atoms with Crippen molar-refractivity contribution in [2.24, 2.45) is 4.99 Å². The van der Waals surface area contributed by atoms with Crippen LogP contribution in [-0.4, -0.2) is 43.2 Å². The number of aliphatic imine (C=N–C) groups is 1. The molecule has 188 valence electrons. The highest BCUT2D eigenvalue weighted by atomic mass is 16.5. The van der Waals surface area contributed by atoms with Crippen molar-refractivity contribution in [1.29, 1.82) is 5.26 Å². The first kappa shape index (κ1) is 25.3. The molecule has 0 aliphatic heterocycles. The van der Waals surface area contributed by atoms with Crippen molar-refractivity contribution in [2.45, 2.75) is 33.8 Å². The van der Waals surface area contributed by atoms with Crippen LogP contribution in [0.3, 0.4) is 0 Å². The number of aryl methyl sites for hydroxylation is 1. The zero-order chi connectivity index (χ0) is 26.7. The van der Waals surface area contributed by atoms with Crippen LogP contribution in [0.1, 0.15) is 43.8 Å². The Morgan fingerprint density at radius 3 is 2.70 bits per heavy atom. The number of methoxy groups -OCH3 is 1. The van der Waals surface area contributed by atoms with Crippen molar-refractivity contribution in [1.82, 2.24) is 24.3 Å². The zero-order valence-electron chi connectivity index (χ0n) is 21.4. The maximum atomic E-state index is 10.4. The predicted octanol–water partition coefficient (Wildman–Crippen LogP) is 4.77. The third-order valence-corrected chi connectivity index (χ3v) is 5.81. The highest BCUT2D eigenvalue weighted by molar-refractivity contribution is 5.85. The van der Waals surface area contributed by atoms with Gasteiger partial charge in [0.15, 0.2) is 11.5 Å². The minimum atomic E-state index is -0.781. The van der Waals surface area contributed by atoms with E-state index in [0.717, 1.165) is 33.8 Å². The van der Waals surface area contributed by atoms with Gasteiger partial charge < -0.3 is 15.2 Å². The first-order valence-electron chi connectivity index (χ1n) is 11.6. The number of aromatic nitrogens is 5. The Balaban J connectivity index is 1.80. The largest absolute Gasteiger partial charge is 0.494 e. The molecule has 4 aromatic rings. The summed E-state index contributed by atoms with van der Waals surface area (Å²) in [6.07, 6.45) is 4.69. The molecule has 4 rings (SSSR count). The van der Waals surface area contributed by atoms with E-state index in [0.29, 0.717) is 22.9 Å². The van der Waals surface area contributed by atoms with Crippen molar-refractivity contribution < 1.29 is 9.84 Å². The number of rotatable bonds is 8. The van der Waals surface area contributed by atoms with E-state index in [1.54, 1.807) is 37.2 Å². The van der Waals surface area contributed by atoms with Crippen LogP contribution < -0.4 is 10.1 Å².